The Morgan fingerprint density at radius 2 is 2.19 bits per heavy atom. The number of nitrogens with one attached hydrogen (secondary N) is 1. The van der Waals surface area contributed by atoms with Crippen molar-refractivity contribution in [3.63, 3.8) is 0 Å². The van der Waals surface area contributed by atoms with Crippen LogP contribution in [0.25, 0.3) is 10.9 Å². The van der Waals surface area contributed by atoms with Crippen LogP contribution in [-0.4, -0.2) is 24.1 Å². The van der Waals surface area contributed by atoms with Gasteiger partial charge in [0.25, 0.3) is 5.56 Å². The molecule has 2 aromatic rings. The summed E-state index contributed by atoms with van der Waals surface area (Å²) in [6.45, 7) is 0. The summed E-state index contributed by atoms with van der Waals surface area (Å²) in [6, 6.07) is 6.86. The van der Waals surface area contributed by atoms with Gasteiger partial charge in [0, 0.05) is 14.1 Å². The number of hydrogen-bond acceptors (Lipinski definition) is 4. The molecule has 1 aromatic carbocycles. The van der Waals surface area contributed by atoms with Crippen LogP contribution >= 0.6 is 0 Å². The van der Waals surface area contributed by atoms with E-state index in [4.69, 9.17) is 5.26 Å². The molecule has 0 saturated carbocycles. The molecule has 5 nitrogen and oxygen atoms in total. The minimum Gasteiger partial charge on any atom is -0.348 e. The van der Waals surface area contributed by atoms with Crippen molar-refractivity contribution in [3.05, 3.63) is 34.1 Å². The van der Waals surface area contributed by atoms with E-state index in [1.54, 1.807) is 37.2 Å². The highest BCUT2D eigenvalue weighted by molar-refractivity contribution is 5.80. The van der Waals surface area contributed by atoms with Crippen molar-refractivity contribution < 1.29 is 0 Å². The van der Waals surface area contributed by atoms with Crippen LogP contribution in [-0.2, 0) is 0 Å². The van der Waals surface area contributed by atoms with Gasteiger partial charge in [-0.3, -0.25) is 9.78 Å². The van der Waals surface area contributed by atoms with Gasteiger partial charge in [0.15, 0.2) is 0 Å². The maximum Gasteiger partial charge on any atom is 0.260 e. The highest BCUT2D eigenvalue weighted by Gasteiger charge is 2.05. The van der Waals surface area contributed by atoms with E-state index in [1.807, 2.05) is 6.07 Å². The fourth-order valence-corrected chi connectivity index (χ4v) is 1.41. The summed E-state index contributed by atoms with van der Waals surface area (Å²) >= 11 is 0. The number of rotatable bonds is 1. The van der Waals surface area contributed by atoms with Crippen molar-refractivity contribution >= 4 is 16.9 Å². The van der Waals surface area contributed by atoms with Crippen LogP contribution < -0.4 is 10.5 Å². The van der Waals surface area contributed by atoms with Gasteiger partial charge in [-0.15, -0.1) is 0 Å². The van der Waals surface area contributed by atoms with E-state index >= 15 is 0 Å². The Balaban J connectivity index is 2.78. The molecule has 1 aromatic heterocycles. The molecule has 16 heavy (non-hydrogen) atoms. The van der Waals surface area contributed by atoms with Gasteiger partial charge in [0.05, 0.1) is 22.5 Å². The van der Waals surface area contributed by atoms with Crippen molar-refractivity contribution in [2.24, 2.45) is 0 Å². The maximum absolute atomic E-state index is 11.7. The molecule has 1 heterocycles. The monoisotopic (exact) mass is 214 g/mol. The molecule has 5 heteroatoms. The minimum absolute atomic E-state index is 0.231. The lowest BCUT2D eigenvalue weighted by Gasteiger charge is -2.10. The average molecular weight is 214 g/mol. The molecule has 0 atom stereocenters. The van der Waals surface area contributed by atoms with Gasteiger partial charge in [-0.1, -0.05) is 0 Å². The van der Waals surface area contributed by atoms with Crippen LogP contribution in [0.15, 0.2) is 23.0 Å². The van der Waals surface area contributed by atoms with Gasteiger partial charge in [0.2, 0.25) is 5.95 Å². The Morgan fingerprint density at radius 3 is 2.81 bits per heavy atom. The zero-order valence-electron chi connectivity index (χ0n) is 8.98. The van der Waals surface area contributed by atoms with Crippen molar-refractivity contribution in [1.29, 1.82) is 5.26 Å². The molecule has 0 amide bonds. The Labute approximate surface area is 92.0 Å². The molecule has 1 N–H and O–H groups in total. The molecule has 0 fully saturated rings. The topological polar surface area (TPSA) is 72.8 Å². The van der Waals surface area contributed by atoms with Crippen LogP contribution in [0.4, 0.5) is 5.95 Å². The Morgan fingerprint density at radius 1 is 1.44 bits per heavy atom. The maximum atomic E-state index is 11.7. The predicted molar refractivity (Wildman–Crippen MR) is 61.4 cm³/mol. The van der Waals surface area contributed by atoms with E-state index in [1.165, 1.54) is 0 Å². The number of aromatic nitrogens is 2. The van der Waals surface area contributed by atoms with E-state index in [0.29, 0.717) is 22.4 Å². The molecule has 0 aliphatic carbocycles. The molecule has 0 bridgehead atoms. The lowest BCUT2D eigenvalue weighted by atomic mass is 10.2. The molecule has 0 aliphatic heterocycles. The quantitative estimate of drug-likeness (QED) is 0.764. The van der Waals surface area contributed by atoms with Crippen LogP contribution in [0.5, 0.6) is 0 Å². The second-order valence-corrected chi connectivity index (χ2v) is 3.63. The number of benzene rings is 1. The largest absolute Gasteiger partial charge is 0.348 e. The number of H-pyrrole nitrogens is 1. The first kappa shape index (κ1) is 10.2. The van der Waals surface area contributed by atoms with Gasteiger partial charge in [0.1, 0.15) is 0 Å². The summed E-state index contributed by atoms with van der Waals surface area (Å²) in [4.78, 5) is 20.4. The summed E-state index contributed by atoms with van der Waals surface area (Å²) in [6.07, 6.45) is 0. The van der Waals surface area contributed by atoms with Gasteiger partial charge in [-0.25, -0.2) is 4.98 Å². The molecule has 0 spiro atoms. The summed E-state index contributed by atoms with van der Waals surface area (Å²) in [5, 5.41) is 9.17. The van der Waals surface area contributed by atoms with Crippen molar-refractivity contribution in [1.82, 2.24) is 9.97 Å². The van der Waals surface area contributed by atoms with Crippen LogP contribution in [0.2, 0.25) is 0 Å². The molecule has 0 unspecified atom stereocenters. The number of anilines is 1. The number of hydrogen-bond donors (Lipinski definition) is 1. The molecule has 2 rings (SSSR count). The summed E-state index contributed by atoms with van der Waals surface area (Å²) in [5.74, 6) is 0.502. The van der Waals surface area contributed by atoms with Crippen LogP contribution in [0.3, 0.4) is 0 Å². The highest BCUT2D eigenvalue weighted by atomic mass is 16.1. The number of fused-ring (bicyclic) bond motifs is 1. The SMILES string of the molecule is CN(C)c1nc2ccc(C#N)cc2c(=O)[nH]1. The lowest BCUT2D eigenvalue weighted by molar-refractivity contribution is 1.00. The van der Waals surface area contributed by atoms with Gasteiger partial charge >= 0.3 is 0 Å². The Hall–Kier alpha value is -2.35. The average Bonchev–Trinajstić information content (AvgIpc) is 2.28. The molecular formula is C11H10N4O. The number of aromatic amines is 1. The summed E-state index contributed by atoms with van der Waals surface area (Å²) in [5.41, 5.74) is 0.814. The zero-order chi connectivity index (χ0) is 11.7. The normalized spacial score (nSPS) is 10.1. The Bertz CT molecular complexity index is 636. The van der Waals surface area contributed by atoms with E-state index in [0.717, 1.165) is 0 Å². The van der Waals surface area contributed by atoms with Crippen LogP contribution in [0, 0.1) is 11.3 Å². The first-order valence-electron chi connectivity index (χ1n) is 4.73. The molecule has 0 saturated heterocycles. The van der Waals surface area contributed by atoms with E-state index in [2.05, 4.69) is 9.97 Å². The second kappa shape index (κ2) is 3.66. The van der Waals surface area contributed by atoms with Gasteiger partial charge in [-0.2, -0.15) is 5.26 Å². The first-order valence-corrected chi connectivity index (χ1v) is 4.73. The van der Waals surface area contributed by atoms with Gasteiger partial charge in [-0.05, 0) is 18.2 Å². The van der Waals surface area contributed by atoms with Gasteiger partial charge < -0.3 is 4.90 Å². The number of nitriles is 1. The van der Waals surface area contributed by atoms with Crippen molar-refractivity contribution in [3.8, 4) is 6.07 Å². The molecule has 0 radical (unpaired) electrons. The highest BCUT2D eigenvalue weighted by Crippen LogP contribution is 2.11. The molecular weight excluding hydrogens is 204 g/mol. The third-order valence-corrected chi connectivity index (χ3v) is 2.25. The van der Waals surface area contributed by atoms with Crippen molar-refractivity contribution in [2.75, 3.05) is 19.0 Å². The predicted octanol–water partition coefficient (Wildman–Crippen LogP) is 0.861. The molecule has 80 valence electrons. The second-order valence-electron chi connectivity index (χ2n) is 3.63. The third kappa shape index (κ3) is 1.61. The zero-order valence-corrected chi connectivity index (χ0v) is 8.98. The Kier molecular flexibility index (Phi) is 2.33. The summed E-state index contributed by atoms with van der Waals surface area (Å²) in [7, 11) is 3.60. The van der Waals surface area contributed by atoms with Crippen molar-refractivity contribution in [2.45, 2.75) is 0 Å². The number of nitrogens with zero attached hydrogens (tertiary/aromatic N) is 3. The van der Waals surface area contributed by atoms with Crippen LogP contribution in [0.1, 0.15) is 5.56 Å². The fourth-order valence-electron chi connectivity index (χ4n) is 1.41. The minimum atomic E-state index is -0.231. The van der Waals surface area contributed by atoms with E-state index in [-0.39, 0.29) is 5.56 Å². The summed E-state index contributed by atoms with van der Waals surface area (Å²) < 4.78 is 0. The fraction of sp³-hybridized carbons (Fsp3) is 0.182. The first-order chi connectivity index (χ1) is 7.61. The molecule has 0 aliphatic rings. The third-order valence-electron chi connectivity index (χ3n) is 2.25. The van der Waals surface area contributed by atoms with E-state index in [9.17, 15) is 4.79 Å². The lowest BCUT2D eigenvalue weighted by Crippen LogP contribution is -2.18. The van der Waals surface area contributed by atoms with E-state index < -0.39 is 0 Å². The smallest absolute Gasteiger partial charge is 0.260 e. The standard InChI is InChI=1S/C11H10N4O/c1-15(2)11-13-9-4-3-7(6-12)5-8(9)10(16)14-11/h3-5H,1-2H3,(H,13,14,16).